The molecule has 0 radical (unpaired) electrons. The Hall–Kier alpha value is -3.51. The van der Waals surface area contributed by atoms with E-state index in [1.807, 2.05) is 24.3 Å². The maximum absolute atomic E-state index is 12.6. The third-order valence-corrected chi connectivity index (χ3v) is 5.28. The number of amides is 1. The standard InChI is InChI=1S/C24H25N3O3/c1-3-4-5-6-10-30-22-13-18-23(20(15-26)19(22)14-25)21(27-24(18)28)12-16-8-7-9-17(11-16)29-2/h7-9,11,13,21H,3-6,10,12H2,1-2H3,(H,27,28). The molecule has 0 saturated heterocycles. The lowest BCUT2D eigenvalue weighted by Crippen LogP contribution is -2.21. The molecular formula is C24H25N3O3. The Kier molecular flexibility index (Phi) is 6.93. The predicted molar refractivity (Wildman–Crippen MR) is 112 cm³/mol. The number of rotatable bonds is 9. The molecule has 0 aromatic heterocycles. The molecule has 1 aliphatic heterocycles. The highest BCUT2D eigenvalue weighted by Gasteiger charge is 2.34. The fourth-order valence-corrected chi connectivity index (χ4v) is 3.77. The minimum absolute atomic E-state index is 0.193. The van der Waals surface area contributed by atoms with E-state index < -0.39 is 0 Å². The number of nitrogens with zero attached hydrogens (tertiary/aromatic N) is 2. The van der Waals surface area contributed by atoms with Crippen molar-refractivity contribution in [2.45, 2.75) is 45.1 Å². The van der Waals surface area contributed by atoms with Crippen molar-refractivity contribution in [3.8, 4) is 23.6 Å². The second-order valence-electron chi connectivity index (χ2n) is 7.30. The Balaban J connectivity index is 1.92. The Bertz CT molecular complexity index is 1020. The van der Waals surface area contributed by atoms with E-state index in [9.17, 15) is 15.3 Å². The van der Waals surface area contributed by atoms with Gasteiger partial charge in [-0.1, -0.05) is 38.3 Å². The smallest absolute Gasteiger partial charge is 0.252 e. The summed E-state index contributed by atoms with van der Waals surface area (Å²) >= 11 is 0. The van der Waals surface area contributed by atoms with Crippen molar-refractivity contribution in [3.05, 3.63) is 58.1 Å². The minimum Gasteiger partial charge on any atom is -0.497 e. The van der Waals surface area contributed by atoms with Crippen molar-refractivity contribution in [2.75, 3.05) is 13.7 Å². The number of hydrogen-bond acceptors (Lipinski definition) is 5. The molecule has 1 atom stereocenters. The molecule has 1 unspecified atom stereocenters. The lowest BCUT2D eigenvalue weighted by molar-refractivity contribution is 0.0956. The topological polar surface area (TPSA) is 95.1 Å². The first-order valence-electron chi connectivity index (χ1n) is 10.2. The molecule has 0 bridgehead atoms. The van der Waals surface area contributed by atoms with Crippen LogP contribution in [0, 0.1) is 22.7 Å². The fourth-order valence-electron chi connectivity index (χ4n) is 3.77. The number of nitriles is 2. The molecular weight excluding hydrogens is 378 g/mol. The molecule has 0 aliphatic carbocycles. The SMILES string of the molecule is CCCCCCOc1cc2c(c(C#N)c1C#N)C(Cc1cccc(OC)c1)NC2=O. The summed E-state index contributed by atoms with van der Waals surface area (Å²) < 4.78 is 11.1. The van der Waals surface area contributed by atoms with Gasteiger partial charge in [-0.05, 0) is 36.6 Å². The molecule has 1 amide bonds. The van der Waals surface area contributed by atoms with Crippen LogP contribution in [0.2, 0.25) is 0 Å². The zero-order valence-electron chi connectivity index (χ0n) is 17.3. The van der Waals surface area contributed by atoms with E-state index in [4.69, 9.17) is 9.47 Å². The Morgan fingerprint density at radius 3 is 2.60 bits per heavy atom. The lowest BCUT2D eigenvalue weighted by Gasteiger charge is -2.16. The second-order valence-corrected chi connectivity index (χ2v) is 7.30. The van der Waals surface area contributed by atoms with Gasteiger partial charge in [0.25, 0.3) is 5.91 Å². The predicted octanol–water partition coefficient (Wildman–Crippen LogP) is 4.42. The number of ether oxygens (including phenoxy) is 2. The summed E-state index contributed by atoms with van der Waals surface area (Å²) in [5.74, 6) is 0.776. The first-order valence-corrected chi connectivity index (χ1v) is 10.2. The van der Waals surface area contributed by atoms with Gasteiger partial charge in [-0.25, -0.2) is 0 Å². The Morgan fingerprint density at radius 1 is 1.10 bits per heavy atom. The molecule has 2 aromatic carbocycles. The van der Waals surface area contributed by atoms with Gasteiger partial charge in [-0.2, -0.15) is 10.5 Å². The number of fused-ring (bicyclic) bond motifs is 1. The summed E-state index contributed by atoms with van der Waals surface area (Å²) in [5, 5.41) is 22.5. The molecule has 6 nitrogen and oxygen atoms in total. The van der Waals surface area contributed by atoms with Crippen LogP contribution in [0.15, 0.2) is 30.3 Å². The van der Waals surface area contributed by atoms with Crippen LogP contribution in [0.4, 0.5) is 0 Å². The van der Waals surface area contributed by atoms with Gasteiger partial charge in [0.2, 0.25) is 0 Å². The quantitative estimate of drug-likeness (QED) is 0.625. The molecule has 2 aromatic rings. The lowest BCUT2D eigenvalue weighted by atomic mass is 9.91. The van der Waals surface area contributed by atoms with Crippen LogP contribution in [0.1, 0.15) is 71.3 Å². The van der Waals surface area contributed by atoms with E-state index in [0.717, 1.165) is 37.0 Å². The first-order chi connectivity index (χ1) is 14.6. The van der Waals surface area contributed by atoms with E-state index >= 15 is 0 Å². The van der Waals surface area contributed by atoms with E-state index in [-0.39, 0.29) is 23.1 Å². The number of nitrogens with one attached hydrogen (secondary N) is 1. The molecule has 6 heteroatoms. The molecule has 1 N–H and O–H groups in total. The van der Waals surface area contributed by atoms with Gasteiger partial charge in [0.1, 0.15) is 29.2 Å². The van der Waals surface area contributed by atoms with Crippen LogP contribution in [0.25, 0.3) is 0 Å². The summed E-state index contributed by atoms with van der Waals surface area (Å²) in [7, 11) is 1.60. The number of hydrogen-bond donors (Lipinski definition) is 1. The van der Waals surface area contributed by atoms with E-state index in [2.05, 4.69) is 24.4 Å². The van der Waals surface area contributed by atoms with Gasteiger partial charge < -0.3 is 14.8 Å². The van der Waals surface area contributed by atoms with E-state index in [1.54, 1.807) is 13.2 Å². The number of unbranched alkanes of at least 4 members (excludes halogenated alkanes) is 3. The summed E-state index contributed by atoms with van der Waals surface area (Å²) in [4.78, 5) is 12.6. The maximum Gasteiger partial charge on any atom is 0.252 e. The van der Waals surface area contributed by atoms with Gasteiger partial charge in [-0.15, -0.1) is 0 Å². The summed E-state index contributed by atoms with van der Waals surface area (Å²) in [6.45, 7) is 2.59. The molecule has 1 aliphatic rings. The molecule has 3 rings (SSSR count). The van der Waals surface area contributed by atoms with Gasteiger partial charge >= 0.3 is 0 Å². The van der Waals surface area contributed by atoms with Crippen molar-refractivity contribution in [3.63, 3.8) is 0 Å². The van der Waals surface area contributed by atoms with Crippen LogP contribution in [0.5, 0.6) is 11.5 Å². The third kappa shape index (κ3) is 4.39. The molecule has 0 saturated carbocycles. The summed E-state index contributed by atoms with van der Waals surface area (Å²) in [6, 6.07) is 13.0. The molecule has 30 heavy (non-hydrogen) atoms. The van der Waals surface area contributed by atoms with Gasteiger partial charge in [0, 0.05) is 11.1 Å². The summed E-state index contributed by atoms with van der Waals surface area (Å²) in [5.41, 5.74) is 2.34. The number of carbonyl (C=O) groups excluding carboxylic acids is 1. The minimum atomic E-state index is -0.389. The zero-order valence-corrected chi connectivity index (χ0v) is 17.3. The van der Waals surface area contributed by atoms with Crippen LogP contribution in [-0.4, -0.2) is 19.6 Å². The Morgan fingerprint density at radius 2 is 1.90 bits per heavy atom. The van der Waals surface area contributed by atoms with Crippen molar-refractivity contribution < 1.29 is 14.3 Å². The average Bonchev–Trinajstić information content (AvgIpc) is 3.07. The zero-order chi connectivity index (χ0) is 21.5. The van der Waals surface area contributed by atoms with Crippen molar-refractivity contribution in [1.29, 1.82) is 10.5 Å². The maximum atomic E-state index is 12.6. The normalized spacial score (nSPS) is 14.4. The van der Waals surface area contributed by atoms with Crippen LogP contribution < -0.4 is 14.8 Å². The highest BCUT2D eigenvalue weighted by molar-refractivity contribution is 6.01. The van der Waals surface area contributed by atoms with Crippen LogP contribution in [-0.2, 0) is 6.42 Å². The summed E-state index contributed by atoms with van der Waals surface area (Å²) in [6.07, 6.45) is 4.64. The third-order valence-electron chi connectivity index (χ3n) is 5.28. The fraction of sp³-hybridized carbons (Fsp3) is 0.375. The largest absolute Gasteiger partial charge is 0.497 e. The van der Waals surface area contributed by atoms with Crippen LogP contribution >= 0.6 is 0 Å². The Labute approximate surface area is 177 Å². The van der Waals surface area contributed by atoms with E-state index in [1.165, 1.54) is 0 Å². The van der Waals surface area contributed by atoms with Gasteiger partial charge in [0.15, 0.2) is 0 Å². The van der Waals surface area contributed by atoms with Crippen molar-refractivity contribution >= 4 is 5.91 Å². The van der Waals surface area contributed by atoms with E-state index in [0.29, 0.717) is 29.9 Å². The van der Waals surface area contributed by atoms with Crippen LogP contribution in [0.3, 0.4) is 0 Å². The highest BCUT2D eigenvalue weighted by atomic mass is 16.5. The van der Waals surface area contributed by atoms with Crippen molar-refractivity contribution in [2.24, 2.45) is 0 Å². The molecule has 0 fully saturated rings. The van der Waals surface area contributed by atoms with Gasteiger partial charge in [0.05, 0.1) is 25.3 Å². The molecule has 1 heterocycles. The van der Waals surface area contributed by atoms with Gasteiger partial charge in [-0.3, -0.25) is 4.79 Å². The number of benzene rings is 2. The molecule has 0 spiro atoms. The monoisotopic (exact) mass is 403 g/mol. The number of methoxy groups -OCH3 is 1. The average molecular weight is 403 g/mol. The second kappa shape index (κ2) is 9.80. The molecule has 154 valence electrons. The number of carbonyl (C=O) groups is 1. The highest BCUT2D eigenvalue weighted by Crippen LogP contribution is 2.37. The first kappa shape index (κ1) is 21.2. The van der Waals surface area contributed by atoms with Crippen molar-refractivity contribution in [1.82, 2.24) is 5.32 Å².